The van der Waals surface area contributed by atoms with E-state index in [-0.39, 0.29) is 5.75 Å². The number of carboxylic acids is 1. The van der Waals surface area contributed by atoms with Crippen molar-refractivity contribution in [2.24, 2.45) is 0 Å². The zero-order valence-corrected chi connectivity index (χ0v) is 9.93. The lowest BCUT2D eigenvalue weighted by Gasteiger charge is -2.26. The number of aliphatic carboxylic acids is 1. The molecular weight excluding hydrogens is 222 g/mol. The minimum Gasteiger partial charge on any atom is -0.508 e. The Morgan fingerprint density at radius 2 is 2.00 bits per heavy atom. The van der Waals surface area contributed by atoms with Gasteiger partial charge < -0.3 is 14.9 Å². The van der Waals surface area contributed by atoms with Crippen LogP contribution in [0, 0.1) is 0 Å². The highest BCUT2D eigenvalue weighted by molar-refractivity contribution is 5.80. The Bertz CT molecular complexity index is 377. The van der Waals surface area contributed by atoms with E-state index in [1.807, 2.05) is 0 Å². The normalized spacial score (nSPS) is 14.2. The fourth-order valence-corrected chi connectivity index (χ4v) is 1.50. The first-order valence-electron chi connectivity index (χ1n) is 5.27. The van der Waals surface area contributed by atoms with Crippen molar-refractivity contribution < 1.29 is 19.7 Å². The van der Waals surface area contributed by atoms with Gasteiger partial charge in [-0.2, -0.15) is 0 Å². The number of benzene rings is 1. The fourth-order valence-electron chi connectivity index (χ4n) is 1.50. The van der Waals surface area contributed by atoms with Gasteiger partial charge in [-0.1, -0.05) is 12.1 Å². The highest BCUT2D eigenvalue weighted by Crippen LogP contribution is 2.23. The van der Waals surface area contributed by atoms with Crippen LogP contribution in [0.5, 0.6) is 5.75 Å². The third-order valence-electron chi connectivity index (χ3n) is 2.66. The predicted octanol–water partition coefficient (Wildman–Crippen LogP) is 0.928. The number of aromatic hydroxyl groups is 1. The summed E-state index contributed by atoms with van der Waals surface area (Å²) in [6, 6.07) is 6.11. The largest absolute Gasteiger partial charge is 0.508 e. The van der Waals surface area contributed by atoms with Crippen molar-refractivity contribution in [3.8, 4) is 5.75 Å². The molecule has 3 N–H and O–H groups in total. The number of phenolic OH excluding ortho intramolecular Hbond substituents is 1. The summed E-state index contributed by atoms with van der Waals surface area (Å²) < 4.78 is 4.88. The lowest BCUT2D eigenvalue weighted by Crippen LogP contribution is -2.47. The number of hydrogen-bond acceptors (Lipinski definition) is 4. The molecule has 0 fully saturated rings. The molecule has 94 valence electrons. The van der Waals surface area contributed by atoms with Crippen LogP contribution in [0.25, 0.3) is 0 Å². The van der Waals surface area contributed by atoms with Crippen LogP contribution in [0.4, 0.5) is 0 Å². The highest BCUT2D eigenvalue weighted by Gasteiger charge is 2.34. The van der Waals surface area contributed by atoms with Crippen molar-refractivity contribution in [3.63, 3.8) is 0 Å². The molecule has 0 saturated heterocycles. The maximum Gasteiger partial charge on any atom is 0.328 e. The summed E-state index contributed by atoms with van der Waals surface area (Å²) in [4.78, 5) is 11.3. The number of rotatable bonds is 6. The van der Waals surface area contributed by atoms with Crippen molar-refractivity contribution in [1.82, 2.24) is 5.32 Å². The summed E-state index contributed by atoms with van der Waals surface area (Å²) in [5.41, 5.74) is -0.606. The summed E-state index contributed by atoms with van der Waals surface area (Å²) in [5, 5.41) is 21.4. The molecule has 0 aromatic heterocycles. The minimum atomic E-state index is -1.19. The van der Waals surface area contributed by atoms with Gasteiger partial charge in [-0.3, -0.25) is 5.32 Å². The molecule has 5 nitrogen and oxygen atoms in total. The first-order chi connectivity index (χ1) is 8.00. The molecule has 0 aliphatic carbocycles. The zero-order valence-electron chi connectivity index (χ0n) is 9.93. The summed E-state index contributed by atoms with van der Waals surface area (Å²) in [5.74, 6) is -0.863. The van der Waals surface area contributed by atoms with Gasteiger partial charge in [-0.05, 0) is 24.6 Å². The van der Waals surface area contributed by atoms with E-state index in [4.69, 9.17) is 4.74 Å². The quantitative estimate of drug-likeness (QED) is 0.643. The van der Waals surface area contributed by atoms with Crippen molar-refractivity contribution in [2.45, 2.75) is 12.5 Å². The van der Waals surface area contributed by atoms with Gasteiger partial charge in [0, 0.05) is 13.7 Å². The number of methoxy groups -OCH3 is 1. The fraction of sp³-hybridized carbons (Fsp3) is 0.417. The van der Waals surface area contributed by atoms with E-state index in [2.05, 4.69) is 5.32 Å². The van der Waals surface area contributed by atoms with Gasteiger partial charge in [0.2, 0.25) is 0 Å². The first-order valence-corrected chi connectivity index (χ1v) is 5.27. The van der Waals surface area contributed by atoms with E-state index in [9.17, 15) is 15.0 Å². The molecule has 0 aliphatic heterocycles. The zero-order chi connectivity index (χ0) is 12.9. The Morgan fingerprint density at radius 1 is 1.41 bits per heavy atom. The number of ether oxygens (including phenoxy) is 1. The molecule has 1 aromatic carbocycles. The summed E-state index contributed by atoms with van der Waals surface area (Å²) >= 11 is 0. The molecule has 0 bridgehead atoms. The second-order valence-corrected chi connectivity index (χ2v) is 3.90. The van der Waals surface area contributed by atoms with Crippen molar-refractivity contribution in [1.29, 1.82) is 0 Å². The third kappa shape index (κ3) is 3.18. The van der Waals surface area contributed by atoms with Gasteiger partial charge in [0.25, 0.3) is 0 Å². The summed E-state index contributed by atoms with van der Waals surface area (Å²) in [6.45, 7) is 2.44. The molecule has 17 heavy (non-hydrogen) atoms. The topological polar surface area (TPSA) is 78.8 Å². The summed E-state index contributed by atoms with van der Waals surface area (Å²) in [6.07, 6.45) is 0. The Balaban J connectivity index is 2.90. The molecule has 1 aromatic rings. The lowest BCUT2D eigenvalue weighted by atomic mass is 9.92. The van der Waals surface area contributed by atoms with Crippen LogP contribution < -0.4 is 5.32 Å². The monoisotopic (exact) mass is 239 g/mol. The molecule has 0 spiro atoms. The lowest BCUT2D eigenvalue weighted by molar-refractivity contribution is -0.144. The van der Waals surface area contributed by atoms with Crippen LogP contribution in [-0.2, 0) is 15.1 Å². The van der Waals surface area contributed by atoms with Crippen LogP contribution >= 0.6 is 0 Å². The van der Waals surface area contributed by atoms with E-state index in [0.29, 0.717) is 18.7 Å². The Labute approximate surface area is 100 Å². The van der Waals surface area contributed by atoms with E-state index in [0.717, 1.165) is 0 Å². The SMILES string of the molecule is COCCNC(C)(C(=O)O)c1ccc(O)cc1. The average molecular weight is 239 g/mol. The van der Waals surface area contributed by atoms with E-state index in [1.165, 1.54) is 12.1 Å². The van der Waals surface area contributed by atoms with Crippen molar-refractivity contribution in [3.05, 3.63) is 29.8 Å². The molecule has 0 heterocycles. The Morgan fingerprint density at radius 3 is 2.47 bits per heavy atom. The number of carbonyl (C=O) groups is 1. The number of phenols is 1. The van der Waals surface area contributed by atoms with Crippen LogP contribution in [-0.4, -0.2) is 36.4 Å². The number of hydrogen-bond donors (Lipinski definition) is 3. The predicted molar refractivity (Wildman–Crippen MR) is 63.0 cm³/mol. The van der Waals surface area contributed by atoms with Crippen LogP contribution in [0.15, 0.2) is 24.3 Å². The maximum atomic E-state index is 11.3. The van der Waals surface area contributed by atoms with E-state index in [1.54, 1.807) is 26.2 Å². The standard InChI is InChI=1S/C12H17NO4/c1-12(11(15)16,13-7-8-17-2)9-3-5-10(14)6-4-9/h3-6,13-14H,7-8H2,1-2H3,(H,15,16). The highest BCUT2D eigenvalue weighted by atomic mass is 16.5. The molecular formula is C12H17NO4. The summed E-state index contributed by atoms with van der Waals surface area (Å²) in [7, 11) is 1.56. The van der Waals surface area contributed by atoms with Gasteiger partial charge >= 0.3 is 5.97 Å². The maximum absolute atomic E-state index is 11.3. The van der Waals surface area contributed by atoms with Gasteiger partial charge in [-0.15, -0.1) is 0 Å². The molecule has 0 radical (unpaired) electrons. The number of carboxylic acid groups (broad SMARTS) is 1. The molecule has 5 heteroatoms. The minimum absolute atomic E-state index is 0.110. The van der Waals surface area contributed by atoms with Crippen LogP contribution in [0.3, 0.4) is 0 Å². The van der Waals surface area contributed by atoms with Gasteiger partial charge in [-0.25, -0.2) is 4.79 Å². The second-order valence-electron chi connectivity index (χ2n) is 3.90. The molecule has 0 saturated carbocycles. The second kappa shape index (κ2) is 5.65. The van der Waals surface area contributed by atoms with Crippen molar-refractivity contribution in [2.75, 3.05) is 20.3 Å². The van der Waals surface area contributed by atoms with E-state index < -0.39 is 11.5 Å². The molecule has 0 amide bonds. The van der Waals surface area contributed by atoms with Gasteiger partial charge in [0.15, 0.2) is 0 Å². The Kier molecular flexibility index (Phi) is 4.48. The smallest absolute Gasteiger partial charge is 0.328 e. The van der Waals surface area contributed by atoms with E-state index >= 15 is 0 Å². The molecule has 1 rings (SSSR count). The first kappa shape index (κ1) is 13.5. The Hall–Kier alpha value is -1.59. The third-order valence-corrected chi connectivity index (χ3v) is 2.66. The average Bonchev–Trinajstić information content (AvgIpc) is 2.29. The van der Waals surface area contributed by atoms with Crippen LogP contribution in [0.2, 0.25) is 0 Å². The van der Waals surface area contributed by atoms with Crippen LogP contribution in [0.1, 0.15) is 12.5 Å². The molecule has 0 aliphatic rings. The number of nitrogens with one attached hydrogen (secondary N) is 1. The molecule has 1 atom stereocenters. The molecule has 1 unspecified atom stereocenters. The van der Waals surface area contributed by atoms with Gasteiger partial charge in [0.1, 0.15) is 11.3 Å². The van der Waals surface area contributed by atoms with Crippen molar-refractivity contribution >= 4 is 5.97 Å². The van der Waals surface area contributed by atoms with Gasteiger partial charge in [0.05, 0.1) is 6.61 Å².